The van der Waals surface area contributed by atoms with E-state index in [9.17, 15) is 9.90 Å². The Morgan fingerprint density at radius 1 is 0.933 bits per heavy atom. The zero-order valence-corrected chi connectivity index (χ0v) is 24.8. The van der Waals surface area contributed by atoms with Crippen molar-refractivity contribution in [1.29, 1.82) is 0 Å². The van der Waals surface area contributed by atoms with Crippen LogP contribution in [0.4, 0.5) is 0 Å². The van der Waals surface area contributed by atoms with E-state index in [1.165, 1.54) is 0 Å². The van der Waals surface area contributed by atoms with E-state index < -0.39 is 45.8 Å². The molecule has 0 fully saturated rings. The lowest BCUT2D eigenvalue weighted by Gasteiger charge is -2.42. The molecule has 0 aromatic rings. The maximum absolute atomic E-state index is 11.0. The number of hydrogen-bond acceptors (Lipinski definition) is 6. The molecule has 11 heteroatoms. The predicted molar refractivity (Wildman–Crippen MR) is 133 cm³/mol. The fourth-order valence-electron chi connectivity index (χ4n) is 2.71. The smallest absolute Gasteiger partial charge is 0.417 e. The van der Waals surface area contributed by atoms with Crippen LogP contribution in [0.15, 0.2) is 11.6 Å². The van der Waals surface area contributed by atoms with E-state index in [4.69, 9.17) is 22.8 Å². The molecule has 30 heavy (non-hydrogen) atoms. The Kier molecular flexibility index (Phi) is 12.2. The molecule has 1 amide bonds. The van der Waals surface area contributed by atoms with E-state index >= 15 is 0 Å². The Morgan fingerprint density at radius 3 is 1.73 bits per heavy atom. The zero-order valence-electron chi connectivity index (χ0n) is 20.8. The minimum Gasteiger partial charge on any atom is -0.417 e. The topological polar surface area (TPSA) is 100 Å². The van der Waals surface area contributed by atoms with Gasteiger partial charge in [-0.1, -0.05) is 6.08 Å². The molecule has 0 saturated heterocycles. The van der Waals surface area contributed by atoms with Gasteiger partial charge in [-0.05, 0) is 78.7 Å². The molecule has 0 aliphatic carbocycles. The van der Waals surface area contributed by atoms with Crippen molar-refractivity contribution in [2.45, 2.75) is 90.8 Å². The van der Waals surface area contributed by atoms with Gasteiger partial charge < -0.3 is 27.9 Å². The van der Waals surface area contributed by atoms with E-state index in [1.54, 1.807) is 13.0 Å². The fraction of sp³-hybridized carbons (Fsp3) is 0.842. The molecule has 1 unspecified atom stereocenters. The molecule has 0 saturated carbocycles. The Hall–Kier alpha value is -0.122. The van der Waals surface area contributed by atoms with Crippen molar-refractivity contribution in [1.82, 2.24) is 0 Å². The third-order valence-corrected chi connectivity index (χ3v) is 15.6. The summed E-state index contributed by atoms with van der Waals surface area (Å²) in [7, 11) is -8.47. The van der Waals surface area contributed by atoms with Gasteiger partial charge >= 0.3 is 8.80 Å². The van der Waals surface area contributed by atoms with Crippen molar-refractivity contribution < 1.29 is 27.0 Å². The maximum atomic E-state index is 11.0. The van der Waals surface area contributed by atoms with Crippen LogP contribution in [0, 0.1) is 0 Å². The van der Waals surface area contributed by atoms with Crippen LogP contribution in [0.25, 0.3) is 0 Å². The molecule has 0 bridgehead atoms. The van der Waals surface area contributed by atoms with Crippen molar-refractivity contribution in [3.63, 3.8) is 0 Å². The van der Waals surface area contributed by atoms with Gasteiger partial charge in [0.2, 0.25) is 5.91 Å². The second-order valence-electron chi connectivity index (χ2n) is 10.6. The summed E-state index contributed by atoms with van der Waals surface area (Å²) in [6.45, 7) is 21.9. The second kappa shape index (κ2) is 12.2. The summed E-state index contributed by atoms with van der Waals surface area (Å²) in [5.74, 6) is -0.475. The fourth-order valence-corrected chi connectivity index (χ4v) is 17.3. The number of aliphatic hydroxyl groups excluding tert-OH is 1. The number of amides is 1. The standard InChI is InChI=1S/C19H45NO6Si4/c1-17(19(20)22)12-13-18(21)16-23-14-11-15-30(24-27(2,3)4,25-28(5,6)7)26-29(8,9)10/h12,18,21H,11,13-16H2,1-10H3,(H2,20,22). The third-order valence-electron chi connectivity index (χ3n) is 3.55. The molecule has 0 spiro atoms. The first-order valence-corrected chi connectivity index (χ1v) is 22.8. The second-order valence-corrected chi connectivity index (χ2v) is 27.6. The normalized spacial score (nSPS) is 15.4. The van der Waals surface area contributed by atoms with Crippen LogP contribution >= 0.6 is 0 Å². The van der Waals surface area contributed by atoms with E-state index in [-0.39, 0.29) is 6.61 Å². The van der Waals surface area contributed by atoms with E-state index in [0.717, 1.165) is 6.42 Å². The Bertz CT molecular complexity index is 526. The van der Waals surface area contributed by atoms with Crippen molar-refractivity contribution in [3.8, 4) is 0 Å². The third kappa shape index (κ3) is 15.6. The van der Waals surface area contributed by atoms with Gasteiger partial charge in [-0.3, -0.25) is 4.79 Å². The lowest BCUT2D eigenvalue weighted by atomic mass is 10.2. The van der Waals surface area contributed by atoms with Gasteiger partial charge in [0.25, 0.3) is 0 Å². The largest absolute Gasteiger partial charge is 0.469 e. The first kappa shape index (κ1) is 29.9. The number of ether oxygens (including phenoxy) is 1. The van der Waals surface area contributed by atoms with E-state index in [1.807, 2.05) is 0 Å². The molecule has 7 nitrogen and oxygen atoms in total. The average molecular weight is 496 g/mol. The minimum atomic E-state index is -2.84. The summed E-state index contributed by atoms with van der Waals surface area (Å²) in [5, 5.41) is 10.0. The summed E-state index contributed by atoms with van der Waals surface area (Å²) < 4.78 is 25.6. The summed E-state index contributed by atoms with van der Waals surface area (Å²) in [6, 6.07) is 0.711. The lowest BCUT2D eigenvalue weighted by molar-refractivity contribution is -0.114. The number of hydrogen-bond donors (Lipinski definition) is 2. The van der Waals surface area contributed by atoms with Gasteiger partial charge in [0, 0.05) is 18.2 Å². The van der Waals surface area contributed by atoms with Gasteiger partial charge in [0.15, 0.2) is 25.0 Å². The Balaban J connectivity index is 4.96. The Labute approximate surface area is 188 Å². The lowest BCUT2D eigenvalue weighted by Crippen LogP contribution is -2.60. The molecule has 0 heterocycles. The molecular weight excluding hydrogens is 451 g/mol. The highest BCUT2D eigenvalue weighted by atomic mass is 28.5. The molecule has 0 radical (unpaired) electrons. The minimum absolute atomic E-state index is 0.204. The summed E-state index contributed by atoms with van der Waals surface area (Å²) in [4.78, 5) is 11.0. The van der Waals surface area contributed by atoms with Crippen molar-refractivity contribution in [3.05, 3.63) is 11.6 Å². The molecule has 1 atom stereocenters. The van der Waals surface area contributed by atoms with Crippen LogP contribution in [-0.2, 0) is 21.9 Å². The first-order valence-electron chi connectivity index (χ1n) is 10.7. The van der Waals surface area contributed by atoms with Gasteiger partial charge in [0.05, 0.1) is 12.7 Å². The van der Waals surface area contributed by atoms with Crippen LogP contribution in [0.2, 0.25) is 65.0 Å². The van der Waals surface area contributed by atoms with Gasteiger partial charge in [-0.2, -0.15) is 0 Å². The van der Waals surface area contributed by atoms with Gasteiger partial charge in [-0.15, -0.1) is 0 Å². The van der Waals surface area contributed by atoms with E-state index in [2.05, 4.69) is 58.9 Å². The van der Waals surface area contributed by atoms with Crippen molar-refractivity contribution >= 4 is 39.7 Å². The number of carbonyl (C=O) groups is 1. The average Bonchev–Trinajstić information content (AvgIpc) is 2.46. The molecule has 0 aliphatic rings. The molecule has 0 rings (SSSR count). The highest BCUT2D eigenvalue weighted by Gasteiger charge is 2.49. The number of carbonyl (C=O) groups excluding carboxylic acids is 1. The van der Waals surface area contributed by atoms with Gasteiger partial charge in [0.1, 0.15) is 0 Å². The number of primary amides is 1. The quantitative estimate of drug-likeness (QED) is 0.202. The van der Waals surface area contributed by atoms with Crippen LogP contribution in [0.1, 0.15) is 19.8 Å². The molecule has 0 aromatic carbocycles. The molecule has 3 N–H and O–H groups in total. The first-order chi connectivity index (χ1) is 13.3. The summed E-state index contributed by atoms with van der Waals surface area (Å²) in [6.07, 6.45) is 2.05. The molecule has 0 aromatic heterocycles. The van der Waals surface area contributed by atoms with Gasteiger partial charge in [-0.25, -0.2) is 0 Å². The summed E-state index contributed by atoms with van der Waals surface area (Å²) >= 11 is 0. The van der Waals surface area contributed by atoms with E-state index in [0.29, 0.717) is 24.6 Å². The molecule has 0 aliphatic heterocycles. The summed E-state index contributed by atoms with van der Waals surface area (Å²) in [5.41, 5.74) is 5.64. The number of nitrogens with two attached hydrogens (primary N) is 1. The highest BCUT2D eigenvalue weighted by Crippen LogP contribution is 2.29. The van der Waals surface area contributed by atoms with Crippen LogP contribution < -0.4 is 5.73 Å². The predicted octanol–water partition coefficient (Wildman–Crippen LogP) is 4.07. The van der Waals surface area contributed by atoms with Crippen molar-refractivity contribution in [2.75, 3.05) is 13.2 Å². The Morgan fingerprint density at radius 2 is 1.37 bits per heavy atom. The van der Waals surface area contributed by atoms with Crippen LogP contribution in [-0.4, -0.2) is 64.1 Å². The SMILES string of the molecule is CC(=CCC(O)COCCC[Si](O[Si](C)(C)C)(O[Si](C)(C)C)O[Si](C)(C)C)C(N)=O. The molecule has 178 valence electrons. The zero-order chi connectivity index (χ0) is 23.8. The van der Waals surface area contributed by atoms with Crippen LogP contribution in [0.3, 0.4) is 0 Å². The molecular formula is C19H45NO6Si4. The maximum Gasteiger partial charge on any atom is 0.469 e. The number of rotatable bonds is 15. The van der Waals surface area contributed by atoms with Crippen molar-refractivity contribution in [2.24, 2.45) is 5.73 Å². The highest BCUT2D eigenvalue weighted by molar-refractivity contribution is 6.90. The monoisotopic (exact) mass is 495 g/mol. The number of aliphatic hydroxyl groups is 1. The van der Waals surface area contributed by atoms with Crippen LogP contribution in [0.5, 0.6) is 0 Å².